The molecule has 1 N–H and O–H groups in total. The number of amides is 1. The minimum atomic E-state index is -1.10. The Kier molecular flexibility index (Phi) is 3.32. The quantitative estimate of drug-likeness (QED) is 0.664. The maximum Gasteiger partial charge on any atom is 0.299 e. The summed E-state index contributed by atoms with van der Waals surface area (Å²) in [5, 5.41) is 9.36. The van der Waals surface area contributed by atoms with Gasteiger partial charge >= 0.3 is 0 Å². The van der Waals surface area contributed by atoms with Gasteiger partial charge in [0.2, 0.25) is 0 Å². The number of carbonyl (C=O) groups excluding carboxylic acids is 2. The largest absolute Gasteiger partial charge is 0.390 e. The highest BCUT2D eigenvalue weighted by Gasteiger charge is 2.39. The fraction of sp³-hybridized carbons (Fsp3) is 0.273. The molecule has 0 aliphatic carbocycles. The van der Waals surface area contributed by atoms with Gasteiger partial charge in [-0.1, -0.05) is 0 Å². The van der Waals surface area contributed by atoms with Gasteiger partial charge in [-0.05, 0) is 6.07 Å². The Morgan fingerprint density at radius 1 is 1.33 bits per heavy atom. The van der Waals surface area contributed by atoms with Gasteiger partial charge in [-0.15, -0.1) is 11.6 Å². The zero-order chi connectivity index (χ0) is 13.4. The average Bonchev–Trinajstić information content (AvgIpc) is 2.54. The Hall–Kier alpha value is -1.53. The molecular formula is C11H8ClF2NO3. The highest BCUT2D eigenvalue weighted by Crippen LogP contribution is 2.32. The fourth-order valence-electron chi connectivity index (χ4n) is 1.79. The number of rotatable bonds is 3. The monoisotopic (exact) mass is 275 g/mol. The third-order valence-electron chi connectivity index (χ3n) is 2.55. The number of aliphatic hydroxyl groups excluding tert-OH is 1. The van der Waals surface area contributed by atoms with Crippen molar-refractivity contribution in [3.05, 3.63) is 29.3 Å². The molecule has 0 aromatic heterocycles. The van der Waals surface area contributed by atoms with Crippen molar-refractivity contribution in [2.24, 2.45) is 0 Å². The maximum atomic E-state index is 13.6. The Morgan fingerprint density at radius 3 is 2.61 bits per heavy atom. The standard InChI is InChI=1S/C11H8ClF2NO3/c12-3-6(16)4-15-9-7(10(17)11(15)18)1-5(13)2-8(9)14/h1-2,6,16H,3-4H2. The van der Waals surface area contributed by atoms with Crippen molar-refractivity contribution < 1.29 is 23.5 Å². The van der Waals surface area contributed by atoms with Crippen LogP contribution in [0.2, 0.25) is 0 Å². The van der Waals surface area contributed by atoms with Crippen LogP contribution >= 0.6 is 11.6 Å². The summed E-state index contributed by atoms with van der Waals surface area (Å²) in [6, 6.07) is 1.37. The third-order valence-corrected chi connectivity index (χ3v) is 2.91. The minimum Gasteiger partial charge on any atom is -0.390 e. The van der Waals surface area contributed by atoms with Gasteiger partial charge in [0.15, 0.2) is 5.82 Å². The number of nitrogens with zero attached hydrogens (tertiary/aromatic N) is 1. The second-order valence-electron chi connectivity index (χ2n) is 3.84. The first-order chi connectivity index (χ1) is 8.45. The van der Waals surface area contributed by atoms with E-state index in [1.165, 1.54) is 0 Å². The van der Waals surface area contributed by atoms with E-state index in [1.54, 1.807) is 0 Å². The lowest BCUT2D eigenvalue weighted by molar-refractivity contribution is -0.114. The number of fused-ring (bicyclic) bond motifs is 1. The predicted molar refractivity (Wildman–Crippen MR) is 59.8 cm³/mol. The van der Waals surface area contributed by atoms with E-state index < -0.39 is 29.4 Å². The SMILES string of the molecule is O=C1C(=O)N(CC(O)CCl)c2c(F)cc(F)cc21. The summed E-state index contributed by atoms with van der Waals surface area (Å²) in [6.45, 7) is -0.316. The first-order valence-electron chi connectivity index (χ1n) is 5.05. The molecule has 18 heavy (non-hydrogen) atoms. The van der Waals surface area contributed by atoms with Gasteiger partial charge in [-0.2, -0.15) is 0 Å². The van der Waals surface area contributed by atoms with Crippen LogP contribution in [-0.4, -0.2) is 35.3 Å². The second kappa shape index (κ2) is 4.62. The van der Waals surface area contributed by atoms with Crippen LogP contribution in [0.15, 0.2) is 12.1 Å². The van der Waals surface area contributed by atoms with E-state index >= 15 is 0 Å². The Labute approximate surface area is 106 Å². The number of Topliss-reactive ketones (excluding diaryl/α,β-unsaturated/α-hetero) is 1. The van der Waals surface area contributed by atoms with Crippen molar-refractivity contribution in [3.8, 4) is 0 Å². The Morgan fingerprint density at radius 2 is 2.00 bits per heavy atom. The first-order valence-corrected chi connectivity index (χ1v) is 5.58. The third kappa shape index (κ3) is 1.97. The average molecular weight is 276 g/mol. The molecule has 0 spiro atoms. The predicted octanol–water partition coefficient (Wildman–Crippen LogP) is 1.09. The lowest BCUT2D eigenvalue weighted by Crippen LogP contribution is -2.37. The van der Waals surface area contributed by atoms with Crippen LogP contribution in [-0.2, 0) is 4.79 Å². The summed E-state index contributed by atoms with van der Waals surface area (Å²) < 4.78 is 26.6. The Bertz CT molecular complexity index is 535. The molecule has 0 saturated heterocycles. The normalized spacial score (nSPS) is 16.1. The molecular weight excluding hydrogens is 268 g/mol. The van der Waals surface area contributed by atoms with Gasteiger partial charge in [0.1, 0.15) is 5.82 Å². The van der Waals surface area contributed by atoms with Crippen LogP contribution in [0, 0.1) is 11.6 Å². The minimum absolute atomic E-state index is 0.171. The van der Waals surface area contributed by atoms with Gasteiger partial charge in [0, 0.05) is 6.07 Å². The molecule has 1 aromatic carbocycles. The van der Waals surface area contributed by atoms with E-state index in [9.17, 15) is 23.5 Å². The number of ketones is 1. The number of hydrogen-bond acceptors (Lipinski definition) is 3. The van der Waals surface area contributed by atoms with Crippen molar-refractivity contribution in [2.75, 3.05) is 17.3 Å². The van der Waals surface area contributed by atoms with Crippen molar-refractivity contribution in [1.82, 2.24) is 0 Å². The number of anilines is 1. The number of β-amino-alcohol motifs (C(OH)–C–C–N with tert-alkyl or cyclic N) is 1. The number of benzene rings is 1. The van der Waals surface area contributed by atoms with E-state index in [0.717, 1.165) is 11.0 Å². The molecule has 0 saturated carbocycles. The van der Waals surface area contributed by atoms with Crippen molar-refractivity contribution in [1.29, 1.82) is 0 Å². The molecule has 1 aliphatic rings. The smallest absolute Gasteiger partial charge is 0.299 e. The molecule has 4 nitrogen and oxygen atoms in total. The summed E-state index contributed by atoms with van der Waals surface area (Å²) in [5.41, 5.74) is -0.644. The maximum absolute atomic E-state index is 13.6. The molecule has 1 aliphatic heterocycles. The summed E-state index contributed by atoms with van der Waals surface area (Å²) in [5.74, 6) is -4.13. The van der Waals surface area contributed by atoms with Crippen molar-refractivity contribution in [2.45, 2.75) is 6.10 Å². The van der Waals surface area contributed by atoms with Crippen LogP contribution in [0.4, 0.5) is 14.5 Å². The van der Waals surface area contributed by atoms with Gasteiger partial charge in [-0.25, -0.2) is 8.78 Å². The molecule has 2 rings (SSSR count). The number of aliphatic hydroxyl groups is 1. The van der Waals surface area contributed by atoms with E-state index in [1.807, 2.05) is 0 Å². The van der Waals surface area contributed by atoms with E-state index in [2.05, 4.69) is 0 Å². The lowest BCUT2D eigenvalue weighted by Gasteiger charge is -2.19. The molecule has 1 atom stereocenters. The van der Waals surface area contributed by atoms with Crippen molar-refractivity contribution in [3.63, 3.8) is 0 Å². The lowest BCUT2D eigenvalue weighted by atomic mass is 10.1. The zero-order valence-electron chi connectivity index (χ0n) is 8.99. The van der Waals surface area contributed by atoms with Gasteiger partial charge in [0.05, 0.1) is 29.8 Å². The van der Waals surface area contributed by atoms with Crippen LogP contribution in [0.5, 0.6) is 0 Å². The molecule has 1 heterocycles. The highest BCUT2D eigenvalue weighted by molar-refractivity contribution is 6.52. The number of alkyl halides is 1. The molecule has 7 heteroatoms. The van der Waals surface area contributed by atoms with Crippen LogP contribution in [0.25, 0.3) is 0 Å². The number of halogens is 3. The van der Waals surface area contributed by atoms with Crippen molar-refractivity contribution >= 4 is 29.0 Å². The zero-order valence-corrected chi connectivity index (χ0v) is 9.75. The molecule has 1 amide bonds. The molecule has 0 fully saturated rings. The molecule has 1 unspecified atom stereocenters. The van der Waals surface area contributed by atoms with Crippen LogP contribution in [0.3, 0.4) is 0 Å². The van der Waals surface area contributed by atoms with Gasteiger partial charge in [0.25, 0.3) is 11.7 Å². The molecule has 96 valence electrons. The molecule has 0 bridgehead atoms. The fourth-order valence-corrected chi connectivity index (χ4v) is 1.88. The van der Waals surface area contributed by atoms with Crippen LogP contribution < -0.4 is 4.90 Å². The summed E-state index contributed by atoms with van der Waals surface area (Å²) in [4.78, 5) is 23.9. The van der Waals surface area contributed by atoms with E-state index in [4.69, 9.17) is 11.6 Å². The van der Waals surface area contributed by atoms with Crippen LogP contribution in [0.1, 0.15) is 10.4 Å². The molecule has 0 radical (unpaired) electrons. The van der Waals surface area contributed by atoms with Gasteiger partial charge in [-0.3, -0.25) is 14.5 Å². The summed E-state index contributed by atoms with van der Waals surface area (Å²) in [7, 11) is 0. The Balaban J connectivity index is 2.48. The van der Waals surface area contributed by atoms with Gasteiger partial charge < -0.3 is 5.11 Å². The number of carbonyl (C=O) groups is 2. The number of hydrogen-bond donors (Lipinski definition) is 1. The second-order valence-corrected chi connectivity index (χ2v) is 4.15. The summed E-state index contributed by atoms with van der Waals surface area (Å²) >= 11 is 5.38. The summed E-state index contributed by atoms with van der Waals surface area (Å²) in [6.07, 6.45) is -1.10. The highest BCUT2D eigenvalue weighted by atomic mass is 35.5. The van der Waals surface area contributed by atoms with E-state index in [0.29, 0.717) is 6.07 Å². The first kappa shape index (κ1) is 12.9. The van der Waals surface area contributed by atoms with E-state index in [-0.39, 0.29) is 23.7 Å². The molecule has 1 aromatic rings. The topological polar surface area (TPSA) is 57.6 Å².